The largest absolute Gasteiger partial charge is 0.505 e. The van der Waals surface area contributed by atoms with Gasteiger partial charge in [0.15, 0.2) is 23.2 Å². The smallest absolute Gasteiger partial charge is 0.200 e. The zero-order valence-electron chi connectivity index (χ0n) is 7.42. The summed E-state index contributed by atoms with van der Waals surface area (Å²) in [7, 11) is 0. The molecule has 3 N–H and O–H groups in total. The molecule has 1 rings (SSSR count). The van der Waals surface area contributed by atoms with Gasteiger partial charge < -0.3 is 10.8 Å². The number of hydrogen-bond acceptors (Lipinski definition) is 3. The van der Waals surface area contributed by atoms with Crippen LogP contribution in [-0.2, 0) is 4.79 Å². The number of halogens is 2. The summed E-state index contributed by atoms with van der Waals surface area (Å²) in [5.74, 6) is -3.81. The van der Waals surface area contributed by atoms with E-state index in [-0.39, 0.29) is 5.56 Å². The Morgan fingerprint density at radius 1 is 1.50 bits per heavy atom. The fourth-order valence-corrected chi connectivity index (χ4v) is 1.01. The van der Waals surface area contributed by atoms with Crippen LogP contribution < -0.4 is 5.73 Å². The molecule has 14 heavy (non-hydrogen) atoms. The summed E-state index contributed by atoms with van der Waals surface area (Å²) >= 11 is 0. The number of Topliss-reactive ketones (excluding diaryl/α,β-unsaturated/α-hetero) is 1. The van der Waals surface area contributed by atoms with Crippen LogP contribution in [0.25, 0.3) is 0 Å². The average molecular weight is 201 g/mol. The lowest BCUT2D eigenvalue weighted by molar-refractivity contribution is -0.118. The fraction of sp³-hybridized carbons (Fsp3) is 0.222. The Morgan fingerprint density at radius 2 is 2.07 bits per heavy atom. The minimum absolute atomic E-state index is 0.0499. The second-order valence-electron chi connectivity index (χ2n) is 2.92. The zero-order valence-corrected chi connectivity index (χ0v) is 7.42. The van der Waals surface area contributed by atoms with Crippen LogP contribution in [0.3, 0.4) is 0 Å². The van der Waals surface area contributed by atoms with Gasteiger partial charge in [0.25, 0.3) is 0 Å². The maximum Gasteiger partial charge on any atom is 0.200 e. The van der Waals surface area contributed by atoms with Crippen LogP contribution in [0.15, 0.2) is 12.1 Å². The van der Waals surface area contributed by atoms with Crippen molar-refractivity contribution in [1.29, 1.82) is 0 Å². The van der Waals surface area contributed by atoms with Crippen LogP contribution in [0.2, 0.25) is 0 Å². The molecule has 1 unspecified atom stereocenters. The molecule has 0 amide bonds. The Bertz CT molecular complexity index is 356. The van der Waals surface area contributed by atoms with Crippen LogP contribution in [0, 0.1) is 11.6 Å². The molecule has 76 valence electrons. The molecule has 0 heterocycles. The second-order valence-corrected chi connectivity index (χ2v) is 2.92. The number of phenols is 1. The van der Waals surface area contributed by atoms with E-state index in [9.17, 15) is 13.6 Å². The highest BCUT2D eigenvalue weighted by atomic mass is 19.2. The Hall–Kier alpha value is -1.49. The first-order valence-corrected chi connectivity index (χ1v) is 3.87. The van der Waals surface area contributed by atoms with Crippen LogP contribution in [0.5, 0.6) is 5.75 Å². The molecule has 0 fully saturated rings. The van der Waals surface area contributed by atoms with Crippen molar-refractivity contribution < 1.29 is 18.7 Å². The van der Waals surface area contributed by atoms with Gasteiger partial charge in [0.2, 0.25) is 0 Å². The molecule has 5 heteroatoms. The van der Waals surface area contributed by atoms with Gasteiger partial charge in [-0.25, -0.2) is 4.39 Å². The van der Waals surface area contributed by atoms with Crippen molar-refractivity contribution in [2.45, 2.75) is 13.0 Å². The Labute approximate surface area is 79.2 Å². The van der Waals surface area contributed by atoms with Gasteiger partial charge in [-0.15, -0.1) is 0 Å². The topological polar surface area (TPSA) is 63.3 Å². The van der Waals surface area contributed by atoms with Crippen molar-refractivity contribution in [3.05, 3.63) is 29.3 Å². The normalized spacial score (nSPS) is 12.6. The third kappa shape index (κ3) is 1.88. The van der Waals surface area contributed by atoms with Gasteiger partial charge in [0.05, 0.1) is 6.04 Å². The molecule has 0 bridgehead atoms. The first kappa shape index (κ1) is 10.6. The van der Waals surface area contributed by atoms with Crippen molar-refractivity contribution in [1.82, 2.24) is 0 Å². The van der Waals surface area contributed by atoms with Gasteiger partial charge in [-0.1, -0.05) is 0 Å². The van der Waals surface area contributed by atoms with Gasteiger partial charge in [-0.3, -0.25) is 4.79 Å². The summed E-state index contributed by atoms with van der Waals surface area (Å²) in [5.41, 5.74) is 5.43. The summed E-state index contributed by atoms with van der Waals surface area (Å²) in [4.78, 5) is 10.8. The van der Waals surface area contributed by atoms with Crippen LogP contribution >= 0.6 is 0 Å². The molecule has 0 aliphatic rings. The lowest BCUT2D eigenvalue weighted by atomic mass is 10.0. The average Bonchev–Trinajstić information content (AvgIpc) is 2.12. The number of carbonyl (C=O) groups excluding carboxylic acids is 1. The van der Waals surface area contributed by atoms with E-state index in [1.807, 2.05) is 0 Å². The van der Waals surface area contributed by atoms with Gasteiger partial charge in [0.1, 0.15) is 0 Å². The Balaban J connectivity index is 3.19. The lowest BCUT2D eigenvalue weighted by Crippen LogP contribution is -2.18. The van der Waals surface area contributed by atoms with E-state index >= 15 is 0 Å². The quantitative estimate of drug-likeness (QED) is 0.757. The SMILES string of the molecule is CC(=O)C(N)c1cc(O)c(F)c(F)c1. The molecule has 0 aliphatic carbocycles. The van der Waals surface area contributed by atoms with E-state index in [4.69, 9.17) is 10.8 Å². The minimum Gasteiger partial charge on any atom is -0.505 e. The predicted octanol–water partition coefficient (Wildman–Crippen LogP) is 1.26. The molecular weight excluding hydrogens is 192 g/mol. The summed E-state index contributed by atoms with van der Waals surface area (Å²) in [6.45, 7) is 1.23. The number of aromatic hydroxyl groups is 1. The van der Waals surface area contributed by atoms with Gasteiger partial charge in [-0.2, -0.15) is 4.39 Å². The predicted molar refractivity (Wildman–Crippen MR) is 45.6 cm³/mol. The maximum atomic E-state index is 12.8. The third-order valence-corrected chi connectivity index (χ3v) is 1.83. The number of rotatable bonds is 2. The first-order chi connectivity index (χ1) is 6.43. The maximum absolute atomic E-state index is 12.8. The van der Waals surface area contributed by atoms with E-state index in [2.05, 4.69) is 0 Å². The molecule has 3 nitrogen and oxygen atoms in total. The monoisotopic (exact) mass is 201 g/mol. The molecule has 1 aromatic carbocycles. The minimum atomic E-state index is -1.34. The molecular formula is C9H9F2NO2. The molecule has 1 atom stereocenters. The van der Waals surface area contributed by atoms with Crippen LogP contribution in [0.1, 0.15) is 18.5 Å². The molecule has 1 aromatic rings. The molecule has 0 aromatic heterocycles. The highest BCUT2D eigenvalue weighted by Gasteiger charge is 2.16. The number of ketones is 1. The number of hydrogen-bond donors (Lipinski definition) is 2. The van der Waals surface area contributed by atoms with Crippen LogP contribution in [-0.4, -0.2) is 10.9 Å². The summed E-state index contributed by atoms with van der Waals surface area (Å²) < 4.78 is 25.4. The summed E-state index contributed by atoms with van der Waals surface area (Å²) in [5, 5.41) is 8.93. The number of phenolic OH excluding ortho intramolecular Hbond substituents is 1. The summed E-state index contributed by atoms with van der Waals surface area (Å²) in [6, 6.07) is 0.682. The van der Waals surface area contributed by atoms with Crippen molar-refractivity contribution in [3.8, 4) is 5.75 Å². The van der Waals surface area contributed by atoms with E-state index < -0.39 is 29.2 Å². The van der Waals surface area contributed by atoms with Gasteiger partial charge >= 0.3 is 0 Å². The molecule has 0 radical (unpaired) electrons. The van der Waals surface area contributed by atoms with E-state index in [0.29, 0.717) is 0 Å². The van der Waals surface area contributed by atoms with E-state index in [1.54, 1.807) is 0 Å². The Kier molecular flexibility index (Phi) is 2.81. The van der Waals surface area contributed by atoms with E-state index in [0.717, 1.165) is 12.1 Å². The number of nitrogens with two attached hydrogens (primary N) is 1. The summed E-state index contributed by atoms with van der Waals surface area (Å²) in [6.07, 6.45) is 0. The van der Waals surface area contributed by atoms with Crippen molar-refractivity contribution >= 4 is 5.78 Å². The van der Waals surface area contributed by atoms with Gasteiger partial charge in [-0.05, 0) is 24.6 Å². The lowest BCUT2D eigenvalue weighted by Gasteiger charge is -2.09. The van der Waals surface area contributed by atoms with Crippen molar-refractivity contribution in [2.75, 3.05) is 0 Å². The second kappa shape index (κ2) is 3.71. The molecule has 0 aliphatic heterocycles. The molecule has 0 spiro atoms. The zero-order chi connectivity index (χ0) is 10.9. The molecule has 0 saturated heterocycles. The van der Waals surface area contributed by atoms with E-state index in [1.165, 1.54) is 6.92 Å². The Morgan fingerprint density at radius 3 is 2.50 bits per heavy atom. The fourth-order valence-electron chi connectivity index (χ4n) is 1.01. The first-order valence-electron chi connectivity index (χ1n) is 3.87. The highest BCUT2D eigenvalue weighted by Crippen LogP contribution is 2.23. The standard InChI is InChI=1S/C9H9F2NO2/c1-4(13)9(12)5-2-6(10)8(11)7(14)3-5/h2-3,9,14H,12H2,1H3. The van der Waals surface area contributed by atoms with Gasteiger partial charge in [0, 0.05) is 0 Å². The number of benzene rings is 1. The number of carbonyl (C=O) groups is 1. The van der Waals surface area contributed by atoms with Crippen LogP contribution in [0.4, 0.5) is 8.78 Å². The van der Waals surface area contributed by atoms with Crippen molar-refractivity contribution in [3.63, 3.8) is 0 Å². The molecule has 0 saturated carbocycles. The highest BCUT2D eigenvalue weighted by molar-refractivity contribution is 5.82. The third-order valence-electron chi connectivity index (χ3n) is 1.83. The van der Waals surface area contributed by atoms with Crippen molar-refractivity contribution in [2.24, 2.45) is 5.73 Å².